The summed E-state index contributed by atoms with van der Waals surface area (Å²) < 4.78 is 18.4. The fraction of sp³-hybridized carbons (Fsp3) is 0.864. The summed E-state index contributed by atoms with van der Waals surface area (Å²) in [6.45, 7) is 19.3. The molecule has 15 N–H and O–H groups in total. The third-order valence-electron chi connectivity index (χ3n) is 2.34. The van der Waals surface area contributed by atoms with Crippen LogP contribution in [0.3, 0.4) is 0 Å². The number of alkyl halides is 3. The molecule has 2 radical (unpaired) electrons. The van der Waals surface area contributed by atoms with Gasteiger partial charge in [-0.1, -0.05) is 27.7 Å². The first-order chi connectivity index (χ1) is 22.4. The van der Waals surface area contributed by atoms with Crippen LogP contribution in [0.15, 0.2) is 13.2 Å². The van der Waals surface area contributed by atoms with E-state index < -0.39 is 42.2 Å². The Labute approximate surface area is 329 Å². The molecule has 0 spiro atoms. The number of hydrogen-bond acceptors (Lipinski definition) is 15. The predicted molar refractivity (Wildman–Crippen MR) is 208 cm³/mol. The maximum absolute atomic E-state index is 9.62. The zero-order valence-electron chi connectivity index (χ0n) is 29.0. The van der Waals surface area contributed by atoms with Crippen molar-refractivity contribution in [2.45, 2.75) is 34.6 Å². The summed E-state index contributed by atoms with van der Waals surface area (Å²) in [6.07, 6.45) is 0. The number of halogens is 5. The molecular formula is C22H62Cl5N9O11SSn. The van der Waals surface area contributed by atoms with Gasteiger partial charge in [-0.3, -0.25) is 36.2 Å². The molecule has 0 fully saturated rings. The molecule has 0 aliphatic rings. The van der Waals surface area contributed by atoms with Crippen LogP contribution >= 0.6 is 64.9 Å². The first kappa shape index (κ1) is 78.2. The molecule has 0 aromatic carbocycles. The van der Waals surface area contributed by atoms with Crippen molar-refractivity contribution in [3.8, 4) is 0 Å². The molecule has 0 heterocycles. The number of nitrogens with one attached hydrogen (secondary N) is 4. The Morgan fingerprint density at radius 1 is 0.776 bits per heavy atom. The van der Waals surface area contributed by atoms with Crippen molar-refractivity contribution in [2.24, 2.45) is 17.2 Å². The number of hydrogen-bond donors (Lipinski definition) is 8. The number of ether oxygens (including phenoxy) is 4. The molecule has 0 saturated heterocycles. The monoisotopic (exact) mass is 955 g/mol. The number of aliphatic hydroxyl groups excluding tert-OH is 1. The van der Waals surface area contributed by atoms with Gasteiger partial charge in [0, 0.05) is 22.3 Å². The number of aliphatic hydroxyl groups is 1. The number of nitrogens with zero attached hydrogens (tertiary/aromatic N) is 2. The Balaban J connectivity index is -0.0000000385. The van der Waals surface area contributed by atoms with Gasteiger partial charge in [0.25, 0.3) is 0 Å². The summed E-state index contributed by atoms with van der Waals surface area (Å²) in [7, 11) is 9.87. The van der Waals surface area contributed by atoms with Crippen molar-refractivity contribution in [3.05, 3.63) is 33.4 Å². The first-order valence-electron chi connectivity index (χ1n) is 13.2. The molecule has 0 atom stereocenters. The normalized spacial score (nSPS) is 7.78. The molecule has 0 saturated carbocycles. The average Bonchev–Trinajstić information content (AvgIpc) is 3.02. The number of nitrogens with two attached hydrogens (primary N) is 3. The Bertz CT molecular complexity index is 528. The minimum absolute atomic E-state index is 0. The summed E-state index contributed by atoms with van der Waals surface area (Å²) in [5.41, 5.74) is 14.9. The summed E-state index contributed by atoms with van der Waals surface area (Å²) >= 11 is 18.2. The van der Waals surface area contributed by atoms with Crippen LogP contribution in [0.2, 0.25) is 0 Å². The molecule has 0 aromatic rings. The first-order valence-corrected chi connectivity index (χ1v) is 22.5. The molecule has 0 bridgehead atoms. The van der Waals surface area contributed by atoms with E-state index in [1.54, 1.807) is 6.92 Å². The van der Waals surface area contributed by atoms with Gasteiger partial charge in [-0.2, -0.15) is 0 Å². The van der Waals surface area contributed by atoms with E-state index in [9.17, 15) is 20.2 Å². The summed E-state index contributed by atoms with van der Waals surface area (Å²) in [4.78, 5) is 17.9. The molecule has 0 aliphatic carbocycles. The maximum atomic E-state index is 9.62. The Morgan fingerprint density at radius 3 is 1.27 bits per heavy atom. The molecular weight excluding hydrogens is 894 g/mol. The van der Waals surface area contributed by atoms with Crippen LogP contribution in [0.1, 0.15) is 34.6 Å². The predicted octanol–water partition coefficient (Wildman–Crippen LogP) is 0.621. The van der Waals surface area contributed by atoms with Gasteiger partial charge in [-0.25, -0.2) is 0 Å². The molecule has 49 heavy (non-hydrogen) atoms. The van der Waals surface area contributed by atoms with Crippen LogP contribution in [0.5, 0.6) is 0 Å². The molecule has 0 amide bonds. The van der Waals surface area contributed by atoms with Crippen molar-refractivity contribution in [3.63, 3.8) is 0 Å². The van der Waals surface area contributed by atoms with Gasteiger partial charge in [0.15, 0.2) is 5.11 Å². The van der Waals surface area contributed by atoms with E-state index in [-0.39, 0.29) is 41.5 Å². The second-order valence-corrected chi connectivity index (χ2v) is 11.8. The fourth-order valence-electron chi connectivity index (χ4n) is 1.00. The van der Waals surface area contributed by atoms with E-state index in [1.165, 1.54) is 0 Å². The molecule has 0 rings (SSSR count). The van der Waals surface area contributed by atoms with E-state index in [2.05, 4.69) is 56.1 Å². The van der Waals surface area contributed by atoms with Gasteiger partial charge in [0.2, 0.25) is 0 Å². The summed E-state index contributed by atoms with van der Waals surface area (Å²) in [6, 6.07) is 0. The van der Waals surface area contributed by atoms with Crippen LogP contribution in [-0.4, -0.2) is 141 Å². The van der Waals surface area contributed by atoms with Gasteiger partial charge in [0.1, 0.15) is 20.2 Å². The fourth-order valence-corrected chi connectivity index (χ4v) is 1.06. The summed E-state index contributed by atoms with van der Waals surface area (Å²) in [5, 5.41) is 38.4. The third-order valence-corrected chi connectivity index (χ3v) is 2.48. The number of nitro groups is 2. The van der Waals surface area contributed by atoms with Crippen molar-refractivity contribution in [1.29, 1.82) is 0 Å². The van der Waals surface area contributed by atoms with Crippen molar-refractivity contribution < 1.29 is 44.9 Å². The van der Waals surface area contributed by atoms with Gasteiger partial charge in [0.05, 0.1) is 25.5 Å². The Hall–Kier alpha value is -0.00130. The minimum atomic E-state index is -0.826. The second-order valence-electron chi connectivity index (χ2n) is 5.76. The molecule has 0 unspecified atom stereocenters. The van der Waals surface area contributed by atoms with Gasteiger partial charge in [-0.05, 0) is 38.8 Å². The number of thiocarbonyl (C=S) groups is 1. The van der Waals surface area contributed by atoms with Crippen molar-refractivity contribution in [2.75, 3.05) is 91.3 Å². The van der Waals surface area contributed by atoms with Crippen molar-refractivity contribution >= 4 is 88.9 Å². The van der Waals surface area contributed by atoms with Crippen molar-refractivity contribution in [1.82, 2.24) is 21.3 Å². The Morgan fingerprint density at radius 2 is 1.04 bits per heavy atom. The van der Waals surface area contributed by atoms with Crippen LogP contribution in [0, 0.1) is 20.2 Å². The Kier molecular flexibility index (Phi) is 165. The van der Waals surface area contributed by atoms with Gasteiger partial charge >= 0.3 is 50.2 Å². The molecule has 306 valence electrons. The van der Waals surface area contributed by atoms with Gasteiger partial charge < -0.3 is 57.5 Å². The third kappa shape index (κ3) is 230. The van der Waals surface area contributed by atoms with Crippen LogP contribution in [-0.2, 0) is 18.9 Å². The standard InChI is InChI=1S/C5H13N3OS.C4H10N2O3.C4H12N2O.C2H5Cl.C2H6N2O3.C2H6O.C2H4.CH2Cl2.2ClH.2H2O.Sn/c1-2-7-3-9-4-8-5(6)10;1-2-5-3-9-4-6(7)8;1-2-6-4-7-3-5;1-2-3;3-1-7-2-4(5)6;1-2-3;1-2;2-1-3;;;;;/h7H,2-4H2,1H3,(H3,6,8,10);5H,2-4H2,1H3;6H,2-5H2,1H3;2H2,1H3;1-3H2;3H,2H2,1H3;1-2H2;1H2;2*1H;2*1H2;/q;;;;;;;;;;;;+2/p-2. The van der Waals surface area contributed by atoms with E-state index in [0.717, 1.165) is 25.5 Å². The summed E-state index contributed by atoms with van der Waals surface area (Å²) in [5.74, 6) is 0.722. The van der Waals surface area contributed by atoms with E-state index in [1.807, 2.05) is 27.7 Å². The van der Waals surface area contributed by atoms with Crippen LogP contribution in [0.25, 0.3) is 0 Å². The molecule has 0 aromatic heterocycles. The van der Waals surface area contributed by atoms with E-state index in [4.69, 9.17) is 84.4 Å². The van der Waals surface area contributed by atoms with Crippen LogP contribution in [0.4, 0.5) is 0 Å². The van der Waals surface area contributed by atoms with E-state index >= 15 is 0 Å². The quantitative estimate of drug-likeness (QED) is 0.0145. The second kappa shape index (κ2) is 104. The van der Waals surface area contributed by atoms with Crippen LogP contribution < -0.4 is 38.5 Å². The topological polar surface area (TPSA) is 333 Å². The van der Waals surface area contributed by atoms with E-state index in [0.29, 0.717) is 26.9 Å². The molecule has 27 heteroatoms. The SMILES string of the molecule is C=C.CCCl.CCNCOCN.CCNCOCNC(N)=S.CCNCOC[N+](=O)[O-].CCO.ClCCl.NCOC[N+](=O)[O-].O.O.[Cl][Sn][Cl]. The average molecular weight is 957 g/mol. The molecule has 0 aliphatic heterocycles. The number of rotatable bonds is 17. The zero-order valence-corrected chi connectivity index (χ0v) is 36.4. The zero-order chi connectivity index (χ0) is 39.0. The molecule has 20 nitrogen and oxygen atoms in total. The van der Waals surface area contributed by atoms with Gasteiger partial charge in [-0.15, -0.1) is 48.0 Å².